The molecule has 0 spiro atoms. The first-order chi connectivity index (χ1) is 4.24. The minimum absolute atomic E-state index is 1.43. The van der Waals surface area contributed by atoms with E-state index in [2.05, 4.69) is 4.51 Å². The maximum Gasteiger partial charge on any atom is 0.769 e. The highest BCUT2D eigenvalue weighted by atomic mass is 28.3. The highest BCUT2D eigenvalue weighted by molar-refractivity contribution is 7.02. The maximum absolute atomic E-state index is 8.13. The van der Waals surface area contributed by atoms with E-state index in [9.17, 15) is 0 Å². The van der Waals surface area contributed by atoms with Crippen LogP contribution in [0.5, 0.6) is 0 Å². The van der Waals surface area contributed by atoms with Gasteiger partial charge in [-0.2, -0.15) is 15.8 Å². The van der Waals surface area contributed by atoms with Crippen LogP contribution in [0.3, 0.4) is 0 Å². The molecule has 0 fully saturated rings. The predicted octanol–water partition coefficient (Wildman–Crippen LogP) is 0.0395. The molecule has 4 nitrogen and oxygen atoms in total. The Morgan fingerprint density at radius 2 is 1.44 bits per heavy atom. The van der Waals surface area contributed by atoms with Crippen LogP contribution in [0, 0.1) is 39.4 Å². The zero-order valence-electron chi connectivity index (χ0n) is 4.29. The lowest BCUT2D eigenvalue weighted by atomic mass is 11.7. The molecule has 0 N–H and O–H groups in total. The van der Waals surface area contributed by atoms with Gasteiger partial charge in [-0.3, -0.25) is 6.57 Å². The van der Waals surface area contributed by atoms with Gasteiger partial charge in [0.05, 0.1) is 0 Å². The van der Waals surface area contributed by atoms with Gasteiger partial charge in [0, 0.05) is 0 Å². The summed E-state index contributed by atoms with van der Waals surface area (Å²) in [5, 5.41) is 24.4. The maximum atomic E-state index is 8.13. The second-order valence-corrected chi connectivity index (χ2v) is 3.47. The van der Waals surface area contributed by atoms with Crippen LogP contribution in [0.4, 0.5) is 0 Å². The number of nitrogens with zero attached hydrogens (tertiary/aromatic N) is 4. The summed E-state index contributed by atoms with van der Waals surface area (Å²) < 4.78 is 2.68. The smallest absolute Gasteiger partial charge is 0.375 e. The summed E-state index contributed by atoms with van der Waals surface area (Å²) in [6.45, 7) is 6.33. The highest BCUT2D eigenvalue weighted by Crippen LogP contribution is 1.97. The summed E-state index contributed by atoms with van der Waals surface area (Å²) in [5.41, 5.74) is 4.28. The molecule has 0 rings (SSSR count). The highest BCUT2D eigenvalue weighted by Gasteiger charge is 2.49. The molecule has 0 aromatic rings. The minimum atomic E-state index is -3.48. The van der Waals surface area contributed by atoms with Gasteiger partial charge in [-0.1, -0.05) is 0 Å². The van der Waals surface area contributed by atoms with Crippen LogP contribution >= 0.6 is 0 Å². The monoisotopic (exact) mass is 132 g/mol. The Kier molecular flexibility index (Phi) is 1.97. The van der Waals surface area contributed by atoms with E-state index in [1.807, 2.05) is 0 Å². The van der Waals surface area contributed by atoms with Crippen LogP contribution in [0.1, 0.15) is 0 Å². The largest absolute Gasteiger partial charge is 0.769 e. The summed E-state index contributed by atoms with van der Waals surface area (Å²) in [5.74, 6) is 0. The average Bonchev–Trinajstić information content (AvgIpc) is 1.95. The molecule has 0 aromatic carbocycles. The molecule has 0 bridgehead atoms. The van der Waals surface area contributed by atoms with Crippen LogP contribution in [-0.2, 0) is 0 Å². The molecule has 0 unspecified atom stereocenters. The Hall–Kier alpha value is -1.82. The third kappa shape index (κ3) is 1.04. The molecule has 0 aliphatic heterocycles. The van der Waals surface area contributed by atoms with Crippen LogP contribution in [-0.4, -0.2) is 8.24 Å². The first-order valence-electron chi connectivity index (χ1n) is 1.87. The molecule has 0 radical (unpaired) electrons. The molecular weight excluding hydrogens is 132 g/mol. The van der Waals surface area contributed by atoms with Crippen molar-refractivity contribution in [3.05, 3.63) is 11.1 Å². The van der Waals surface area contributed by atoms with E-state index in [1.54, 1.807) is 0 Å². The molecule has 0 heterocycles. The Morgan fingerprint density at radius 1 is 1.11 bits per heavy atom. The van der Waals surface area contributed by atoms with Crippen molar-refractivity contribution < 1.29 is 0 Å². The van der Waals surface area contributed by atoms with Crippen molar-refractivity contribution in [1.29, 1.82) is 15.8 Å². The second kappa shape index (κ2) is 2.48. The predicted molar refractivity (Wildman–Crippen MR) is 29.2 cm³/mol. The second-order valence-electron chi connectivity index (χ2n) is 1.16. The fourth-order valence-electron chi connectivity index (χ4n) is 0.150. The van der Waals surface area contributed by atoms with Gasteiger partial charge in [0.1, 0.15) is 0 Å². The fraction of sp³-hybridized carbons (Fsp3) is 0. The molecule has 0 aromatic heterocycles. The molecule has 0 aliphatic carbocycles. The van der Waals surface area contributed by atoms with Crippen molar-refractivity contribution in [3.8, 4) is 17.1 Å². The van der Waals surface area contributed by atoms with Crippen molar-refractivity contribution in [2.75, 3.05) is 0 Å². The van der Waals surface area contributed by atoms with Gasteiger partial charge in [-0.15, -0.1) is 0 Å². The Bertz CT molecular complexity index is 205. The summed E-state index contributed by atoms with van der Waals surface area (Å²) in [6, 6.07) is 0. The van der Waals surface area contributed by atoms with Gasteiger partial charge in [0.15, 0.2) is 17.1 Å². The van der Waals surface area contributed by atoms with E-state index in [0.717, 1.165) is 0 Å². The fourth-order valence-corrected chi connectivity index (χ4v) is 0.450. The van der Waals surface area contributed by atoms with Crippen molar-refractivity contribution >= 4 is 8.24 Å². The number of hydrogen-bond donors (Lipinski definition) is 0. The molecule has 5 heteroatoms. The van der Waals surface area contributed by atoms with Crippen LogP contribution in [0.25, 0.3) is 4.51 Å². The summed E-state index contributed by atoms with van der Waals surface area (Å²) >= 11 is 0. The summed E-state index contributed by atoms with van der Waals surface area (Å²) in [6.07, 6.45) is 0. The molecule has 0 atom stereocenters. The third-order valence-electron chi connectivity index (χ3n) is 0.653. The normalized spacial score (nSPS) is 7.56. The van der Waals surface area contributed by atoms with E-state index >= 15 is 0 Å². The van der Waals surface area contributed by atoms with Gasteiger partial charge in [-0.25, -0.2) is 0 Å². The molecule has 0 saturated carbocycles. The molecule has 0 aliphatic rings. The summed E-state index contributed by atoms with van der Waals surface area (Å²) in [4.78, 5) is 0. The first-order valence-corrected chi connectivity index (χ1v) is 3.82. The van der Waals surface area contributed by atoms with E-state index in [4.69, 9.17) is 22.4 Å². The first kappa shape index (κ1) is 7.18. The molecule has 0 saturated heterocycles. The van der Waals surface area contributed by atoms with E-state index in [-0.39, 0.29) is 0 Å². The van der Waals surface area contributed by atoms with Crippen molar-refractivity contribution in [2.24, 2.45) is 0 Å². The van der Waals surface area contributed by atoms with Crippen molar-refractivity contribution in [3.63, 3.8) is 0 Å². The SMILES string of the molecule is [C-]#[N+][Si](C#N)(C#N)C#N. The summed E-state index contributed by atoms with van der Waals surface area (Å²) in [7, 11) is -3.48. The van der Waals surface area contributed by atoms with Gasteiger partial charge >= 0.3 is 8.24 Å². The van der Waals surface area contributed by atoms with Crippen LogP contribution < -0.4 is 0 Å². The standard InChI is InChI=1S/C4N4Si/c1-8-9(2-5,3-6)4-7. The number of nitriles is 3. The van der Waals surface area contributed by atoms with Gasteiger partial charge in [0.25, 0.3) is 0 Å². The molecule has 9 heavy (non-hydrogen) atoms. The van der Waals surface area contributed by atoms with Crippen molar-refractivity contribution in [1.82, 2.24) is 0 Å². The number of rotatable bonds is 0. The van der Waals surface area contributed by atoms with Crippen LogP contribution in [0.15, 0.2) is 0 Å². The van der Waals surface area contributed by atoms with Crippen molar-refractivity contribution in [2.45, 2.75) is 0 Å². The van der Waals surface area contributed by atoms with Gasteiger partial charge < -0.3 is 4.51 Å². The zero-order valence-corrected chi connectivity index (χ0v) is 5.29. The van der Waals surface area contributed by atoms with E-state index < -0.39 is 8.24 Å². The van der Waals surface area contributed by atoms with Gasteiger partial charge in [0.2, 0.25) is 0 Å². The zero-order chi connectivity index (χ0) is 7.33. The molecule has 40 valence electrons. The Balaban J connectivity index is 4.84. The molecule has 0 amide bonds. The minimum Gasteiger partial charge on any atom is -0.375 e. The van der Waals surface area contributed by atoms with Crippen LogP contribution in [0.2, 0.25) is 0 Å². The third-order valence-corrected chi connectivity index (χ3v) is 1.96. The quantitative estimate of drug-likeness (QED) is 0.345. The average molecular weight is 132 g/mol. The lowest BCUT2D eigenvalue weighted by Crippen LogP contribution is -2.24. The lowest BCUT2D eigenvalue weighted by Gasteiger charge is -1.79. The topological polar surface area (TPSA) is 75.7 Å². The Morgan fingerprint density at radius 3 is 1.44 bits per heavy atom. The van der Waals surface area contributed by atoms with E-state index in [1.165, 1.54) is 17.1 Å². The van der Waals surface area contributed by atoms with Gasteiger partial charge in [-0.05, 0) is 0 Å². The number of hydrogen-bond acceptors (Lipinski definition) is 3. The lowest BCUT2D eigenvalue weighted by molar-refractivity contribution is 1.51. The van der Waals surface area contributed by atoms with E-state index in [0.29, 0.717) is 0 Å². The Labute approximate surface area is 53.1 Å². The molecular formula is C4N4Si.